The number of likely N-dealkylation sites (N-methyl/N-ethyl adjacent to an activating group) is 1. The molecule has 0 saturated carbocycles. The Hall–Kier alpha value is -1.76. The van der Waals surface area contributed by atoms with Crippen LogP contribution in [0.1, 0.15) is 25.0 Å². The van der Waals surface area contributed by atoms with Gasteiger partial charge in [0.25, 0.3) is 5.91 Å². The highest BCUT2D eigenvalue weighted by Gasteiger charge is 2.34. The number of aliphatic hydroxyl groups excluding tert-OH is 1. The molecule has 1 rings (SSSR count). The Kier molecular flexibility index (Phi) is 5.60. The third kappa shape index (κ3) is 4.63. The topological polar surface area (TPSA) is 49.8 Å². The Labute approximate surface area is 121 Å². The number of hydrogen-bond acceptors (Lipinski definition) is 3. The Morgan fingerprint density at radius 1 is 1.38 bits per heavy atom. The second kappa shape index (κ2) is 6.80. The first-order chi connectivity index (χ1) is 9.66. The molecule has 21 heavy (non-hydrogen) atoms. The molecule has 0 unspecified atom stereocenters. The number of halogens is 3. The maximum absolute atomic E-state index is 12.9. The van der Waals surface area contributed by atoms with E-state index in [0.29, 0.717) is 0 Å². The standard InChI is InChI=1S/C14H18F3NO3/c1-9(2)18(3)13(20)8-21-12-5-4-10(7-19)6-11(12)14(15,16)17/h4-6,9,19H,7-8H2,1-3H3. The number of amides is 1. The zero-order valence-electron chi connectivity index (χ0n) is 12.1. The summed E-state index contributed by atoms with van der Waals surface area (Å²) >= 11 is 0. The van der Waals surface area contributed by atoms with Crippen molar-refractivity contribution in [3.8, 4) is 5.75 Å². The minimum Gasteiger partial charge on any atom is -0.483 e. The van der Waals surface area contributed by atoms with Crippen LogP contribution in [0.2, 0.25) is 0 Å². The summed E-state index contributed by atoms with van der Waals surface area (Å²) in [6, 6.07) is 3.17. The van der Waals surface area contributed by atoms with Gasteiger partial charge in [0, 0.05) is 13.1 Å². The van der Waals surface area contributed by atoms with Gasteiger partial charge in [0.1, 0.15) is 5.75 Å². The van der Waals surface area contributed by atoms with E-state index in [1.807, 2.05) is 0 Å². The first-order valence-electron chi connectivity index (χ1n) is 6.36. The van der Waals surface area contributed by atoms with Crippen LogP contribution < -0.4 is 4.74 Å². The molecule has 0 atom stereocenters. The van der Waals surface area contributed by atoms with Crippen molar-refractivity contribution in [1.29, 1.82) is 0 Å². The maximum Gasteiger partial charge on any atom is 0.419 e. The number of nitrogens with zero attached hydrogens (tertiary/aromatic N) is 1. The summed E-state index contributed by atoms with van der Waals surface area (Å²) in [6.07, 6.45) is -4.62. The third-order valence-electron chi connectivity index (χ3n) is 3.05. The first-order valence-corrected chi connectivity index (χ1v) is 6.36. The van der Waals surface area contributed by atoms with Crippen molar-refractivity contribution in [1.82, 2.24) is 4.90 Å². The normalized spacial score (nSPS) is 11.6. The van der Waals surface area contributed by atoms with Crippen LogP contribution in [0.5, 0.6) is 5.75 Å². The van der Waals surface area contributed by atoms with Crippen molar-refractivity contribution in [3.63, 3.8) is 0 Å². The number of ether oxygens (including phenoxy) is 1. The molecule has 0 heterocycles. The van der Waals surface area contributed by atoms with Gasteiger partial charge in [-0.2, -0.15) is 13.2 Å². The summed E-state index contributed by atoms with van der Waals surface area (Å²) in [5, 5.41) is 8.90. The molecule has 0 aliphatic carbocycles. The third-order valence-corrected chi connectivity index (χ3v) is 3.05. The van der Waals surface area contributed by atoms with Crippen molar-refractivity contribution in [2.75, 3.05) is 13.7 Å². The van der Waals surface area contributed by atoms with Crippen LogP contribution in [0.4, 0.5) is 13.2 Å². The lowest BCUT2D eigenvalue weighted by molar-refractivity contribution is -0.141. The van der Waals surface area contributed by atoms with E-state index in [4.69, 9.17) is 9.84 Å². The number of benzene rings is 1. The van der Waals surface area contributed by atoms with Crippen molar-refractivity contribution in [2.24, 2.45) is 0 Å². The Balaban J connectivity index is 2.91. The quantitative estimate of drug-likeness (QED) is 0.909. The summed E-state index contributed by atoms with van der Waals surface area (Å²) in [7, 11) is 1.55. The highest BCUT2D eigenvalue weighted by atomic mass is 19.4. The van der Waals surface area contributed by atoms with Gasteiger partial charge in [-0.3, -0.25) is 4.79 Å². The summed E-state index contributed by atoms with van der Waals surface area (Å²) in [5.41, 5.74) is -0.880. The summed E-state index contributed by atoms with van der Waals surface area (Å²) in [5.74, 6) is -0.838. The van der Waals surface area contributed by atoms with Gasteiger partial charge in [-0.25, -0.2) is 0 Å². The van der Waals surface area contributed by atoms with Gasteiger partial charge in [0.05, 0.1) is 12.2 Å². The predicted octanol–water partition coefficient (Wildman–Crippen LogP) is 2.44. The average Bonchev–Trinajstić information content (AvgIpc) is 2.42. The van der Waals surface area contributed by atoms with Crippen LogP contribution >= 0.6 is 0 Å². The van der Waals surface area contributed by atoms with Gasteiger partial charge in [-0.05, 0) is 31.5 Å². The van der Waals surface area contributed by atoms with E-state index in [1.165, 1.54) is 11.0 Å². The molecule has 0 spiro atoms. The highest BCUT2D eigenvalue weighted by molar-refractivity contribution is 5.77. The second-order valence-electron chi connectivity index (χ2n) is 4.87. The smallest absolute Gasteiger partial charge is 0.419 e. The molecule has 0 fully saturated rings. The molecular formula is C14H18F3NO3. The molecule has 0 aliphatic heterocycles. The van der Waals surface area contributed by atoms with Crippen molar-refractivity contribution < 1.29 is 27.8 Å². The van der Waals surface area contributed by atoms with Gasteiger partial charge in [-0.15, -0.1) is 0 Å². The highest BCUT2D eigenvalue weighted by Crippen LogP contribution is 2.36. The van der Waals surface area contributed by atoms with E-state index in [1.54, 1.807) is 20.9 Å². The van der Waals surface area contributed by atoms with Gasteiger partial charge < -0.3 is 14.7 Å². The summed E-state index contributed by atoms with van der Waals surface area (Å²) < 4.78 is 43.8. The number of alkyl halides is 3. The first kappa shape index (κ1) is 17.3. The largest absolute Gasteiger partial charge is 0.483 e. The van der Waals surface area contributed by atoms with Crippen LogP contribution in [0.25, 0.3) is 0 Å². The molecule has 1 amide bonds. The molecule has 7 heteroatoms. The number of hydrogen-bond donors (Lipinski definition) is 1. The van der Waals surface area contributed by atoms with Crippen molar-refractivity contribution >= 4 is 5.91 Å². The van der Waals surface area contributed by atoms with Crippen molar-refractivity contribution in [2.45, 2.75) is 32.7 Å². The molecule has 0 aromatic heterocycles. The van der Waals surface area contributed by atoms with E-state index in [9.17, 15) is 18.0 Å². The molecule has 0 radical (unpaired) electrons. The lowest BCUT2D eigenvalue weighted by Crippen LogP contribution is -2.36. The maximum atomic E-state index is 12.9. The molecule has 0 saturated heterocycles. The zero-order valence-corrected chi connectivity index (χ0v) is 12.1. The van der Waals surface area contributed by atoms with Crippen LogP contribution in [0, 0.1) is 0 Å². The van der Waals surface area contributed by atoms with Crippen LogP contribution in [-0.2, 0) is 17.6 Å². The SMILES string of the molecule is CC(C)N(C)C(=O)COc1ccc(CO)cc1C(F)(F)F. The Morgan fingerprint density at radius 3 is 2.48 bits per heavy atom. The average molecular weight is 305 g/mol. The Morgan fingerprint density at radius 2 is 2.00 bits per heavy atom. The summed E-state index contributed by atoms with van der Waals surface area (Å²) in [6.45, 7) is 2.60. The molecule has 4 nitrogen and oxygen atoms in total. The molecule has 0 aliphatic rings. The number of carbonyl (C=O) groups excluding carboxylic acids is 1. The number of rotatable bonds is 5. The van der Waals surface area contributed by atoms with Gasteiger partial charge in [0.15, 0.2) is 6.61 Å². The monoisotopic (exact) mass is 305 g/mol. The van der Waals surface area contributed by atoms with Gasteiger partial charge >= 0.3 is 6.18 Å². The van der Waals surface area contributed by atoms with E-state index in [0.717, 1.165) is 12.1 Å². The van der Waals surface area contributed by atoms with E-state index < -0.39 is 36.6 Å². The van der Waals surface area contributed by atoms with Crippen LogP contribution in [0.15, 0.2) is 18.2 Å². The summed E-state index contributed by atoms with van der Waals surface area (Å²) in [4.78, 5) is 13.1. The number of aliphatic hydroxyl groups is 1. The second-order valence-corrected chi connectivity index (χ2v) is 4.87. The fourth-order valence-corrected chi connectivity index (χ4v) is 1.55. The van der Waals surface area contributed by atoms with E-state index in [2.05, 4.69) is 0 Å². The van der Waals surface area contributed by atoms with Crippen molar-refractivity contribution in [3.05, 3.63) is 29.3 Å². The molecule has 1 N–H and O–H groups in total. The van der Waals surface area contributed by atoms with E-state index in [-0.39, 0.29) is 11.6 Å². The zero-order chi connectivity index (χ0) is 16.2. The van der Waals surface area contributed by atoms with Crippen LogP contribution in [-0.4, -0.2) is 35.6 Å². The Bertz CT molecular complexity index is 501. The molecule has 1 aromatic carbocycles. The molecular weight excluding hydrogens is 287 g/mol. The minimum absolute atomic E-state index is 0.0695. The van der Waals surface area contributed by atoms with Gasteiger partial charge in [0.2, 0.25) is 0 Å². The molecule has 1 aromatic rings. The van der Waals surface area contributed by atoms with Gasteiger partial charge in [-0.1, -0.05) is 6.07 Å². The molecule has 0 bridgehead atoms. The lowest BCUT2D eigenvalue weighted by Gasteiger charge is -2.22. The minimum atomic E-state index is -4.62. The lowest BCUT2D eigenvalue weighted by atomic mass is 10.1. The fourth-order valence-electron chi connectivity index (χ4n) is 1.55. The van der Waals surface area contributed by atoms with Crippen LogP contribution in [0.3, 0.4) is 0 Å². The fraction of sp³-hybridized carbons (Fsp3) is 0.500. The van der Waals surface area contributed by atoms with E-state index >= 15 is 0 Å². The number of carbonyl (C=O) groups is 1. The predicted molar refractivity (Wildman–Crippen MR) is 70.8 cm³/mol. The molecule has 118 valence electrons.